The third-order valence-corrected chi connectivity index (χ3v) is 3.16. The van der Waals surface area contributed by atoms with E-state index in [1.165, 1.54) is 11.1 Å². The van der Waals surface area contributed by atoms with E-state index in [4.69, 9.17) is 5.90 Å². The van der Waals surface area contributed by atoms with E-state index < -0.39 is 0 Å². The summed E-state index contributed by atoms with van der Waals surface area (Å²) in [6, 6.07) is 16.1. The first-order valence-electron chi connectivity index (χ1n) is 6.66. The Labute approximate surface area is 120 Å². The molecule has 0 aliphatic heterocycles. The third-order valence-electron chi connectivity index (χ3n) is 3.16. The van der Waals surface area contributed by atoms with E-state index in [1.54, 1.807) is 0 Å². The molecule has 3 N–H and O–H groups in total. The molecule has 0 bridgehead atoms. The van der Waals surface area contributed by atoms with Crippen LogP contribution in [0.3, 0.4) is 0 Å². The Bertz CT molecular complexity index is 571. The van der Waals surface area contributed by atoms with Gasteiger partial charge in [0.2, 0.25) is 0 Å². The summed E-state index contributed by atoms with van der Waals surface area (Å²) in [7, 11) is 0. The lowest BCUT2D eigenvalue weighted by Crippen LogP contribution is -2.04. The average Bonchev–Trinajstić information content (AvgIpc) is 2.49. The van der Waals surface area contributed by atoms with Crippen molar-refractivity contribution in [3.8, 4) is 5.75 Å². The summed E-state index contributed by atoms with van der Waals surface area (Å²) in [5.41, 5.74) is 4.75. The monoisotopic (exact) mass is 268 g/mol. The summed E-state index contributed by atoms with van der Waals surface area (Å²) in [5, 5.41) is 3.41. The second-order valence-corrected chi connectivity index (χ2v) is 4.74. The van der Waals surface area contributed by atoms with E-state index in [0.717, 1.165) is 17.8 Å². The number of nitrogens with two attached hydrogens (primary N) is 1. The van der Waals surface area contributed by atoms with Crippen LogP contribution < -0.4 is 16.1 Å². The summed E-state index contributed by atoms with van der Waals surface area (Å²) in [5.74, 6) is 5.76. The number of rotatable bonds is 5. The maximum atomic E-state index is 5.11. The van der Waals surface area contributed by atoms with Gasteiger partial charge in [-0.1, -0.05) is 35.9 Å². The van der Waals surface area contributed by atoms with Gasteiger partial charge in [0.1, 0.15) is 5.75 Å². The number of allylic oxidation sites excluding steroid dienone is 2. The summed E-state index contributed by atoms with van der Waals surface area (Å²) < 4.78 is 0. The van der Waals surface area contributed by atoms with Crippen molar-refractivity contribution in [3.63, 3.8) is 0 Å². The molecule has 0 radical (unpaired) electrons. The van der Waals surface area contributed by atoms with Crippen LogP contribution in [0.1, 0.15) is 18.1 Å². The van der Waals surface area contributed by atoms with Crippen LogP contribution in [0.4, 0.5) is 5.69 Å². The SMILES string of the molecule is C/C=C(/Cc1ccc(C)cc1)Nc1ccc(ON)cc1. The highest BCUT2D eigenvalue weighted by Gasteiger charge is 2.01. The van der Waals surface area contributed by atoms with Gasteiger partial charge < -0.3 is 10.2 Å². The van der Waals surface area contributed by atoms with Crippen LogP contribution in [0.5, 0.6) is 5.75 Å². The Hall–Kier alpha value is -2.26. The first-order chi connectivity index (χ1) is 9.71. The molecule has 0 saturated heterocycles. The van der Waals surface area contributed by atoms with Crippen molar-refractivity contribution in [3.05, 3.63) is 71.4 Å². The number of aryl methyl sites for hydroxylation is 1. The lowest BCUT2D eigenvalue weighted by atomic mass is 10.1. The zero-order chi connectivity index (χ0) is 14.4. The quantitative estimate of drug-likeness (QED) is 0.811. The number of nitrogens with one attached hydrogen (secondary N) is 1. The number of anilines is 1. The molecule has 0 amide bonds. The summed E-state index contributed by atoms with van der Waals surface area (Å²) in [6.07, 6.45) is 2.97. The smallest absolute Gasteiger partial charge is 0.146 e. The minimum atomic E-state index is 0.649. The van der Waals surface area contributed by atoms with E-state index in [9.17, 15) is 0 Å². The van der Waals surface area contributed by atoms with E-state index in [-0.39, 0.29) is 0 Å². The molecule has 3 nitrogen and oxygen atoms in total. The molecule has 0 aliphatic carbocycles. The van der Waals surface area contributed by atoms with Crippen LogP contribution in [0.25, 0.3) is 0 Å². The third kappa shape index (κ3) is 3.87. The fourth-order valence-electron chi connectivity index (χ4n) is 1.95. The second kappa shape index (κ2) is 6.78. The van der Waals surface area contributed by atoms with Crippen molar-refractivity contribution in [1.82, 2.24) is 0 Å². The zero-order valence-corrected chi connectivity index (χ0v) is 11.9. The lowest BCUT2D eigenvalue weighted by molar-refractivity contribution is 0.334. The van der Waals surface area contributed by atoms with Gasteiger partial charge >= 0.3 is 0 Å². The van der Waals surface area contributed by atoms with E-state index in [2.05, 4.69) is 47.4 Å². The average molecular weight is 268 g/mol. The van der Waals surface area contributed by atoms with Crippen LogP contribution in [0.2, 0.25) is 0 Å². The van der Waals surface area contributed by atoms with Crippen LogP contribution in [-0.2, 0) is 6.42 Å². The summed E-state index contributed by atoms with van der Waals surface area (Å²) in [4.78, 5) is 4.66. The van der Waals surface area contributed by atoms with E-state index in [0.29, 0.717) is 5.75 Å². The van der Waals surface area contributed by atoms with Gasteiger partial charge in [0.15, 0.2) is 0 Å². The van der Waals surface area contributed by atoms with Crippen LogP contribution in [-0.4, -0.2) is 0 Å². The van der Waals surface area contributed by atoms with E-state index >= 15 is 0 Å². The molecule has 0 atom stereocenters. The van der Waals surface area contributed by atoms with Crippen molar-refractivity contribution < 1.29 is 4.84 Å². The fraction of sp³-hybridized carbons (Fsp3) is 0.176. The van der Waals surface area contributed by atoms with Gasteiger partial charge in [-0.05, 0) is 43.7 Å². The van der Waals surface area contributed by atoms with Crippen molar-refractivity contribution in [1.29, 1.82) is 0 Å². The molecule has 0 spiro atoms. The predicted octanol–water partition coefficient (Wildman–Crippen LogP) is 3.81. The zero-order valence-electron chi connectivity index (χ0n) is 11.9. The summed E-state index contributed by atoms with van der Waals surface area (Å²) >= 11 is 0. The van der Waals surface area contributed by atoms with Gasteiger partial charge in [0, 0.05) is 17.8 Å². The molecule has 2 aromatic rings. The van der Waals surface area contributed by atoms with Gasteiger partial charge in [-0.3, -0.25) is 0 Å². The lowest BCUT2D eigenvalue weighted by Gasteiger charge is -2.11. The standard InChI is InChI=1S/C17H20N2O/c1-3-15(12-14-6-4-13(2)5-7-14)19-16-8-10-17(20-18)11-9-16/h3-11,19H,12,18H2,1-2H3/b15-3-. The van der Waals surface area contributed by atoms with Gasteiger partial charge in [0.05, 0.1) is 0 Å². The minimum absolute atomic E-state index is 0.649. The Morgan fingerprint density at radius 2 is 1.75 bits per heavy atom. The first kappa shape index (κ1) is 14.2. The molecule has 104 valence electrons. The normalized spacial score (nSPS) is 11.2. The molecular weight excluding hydrogens is 248 g/mol. The molecule has 0 heterocycles. The number of hydrogen-bond donors (Lipinski definition) is 2. The van der Waals surface area contributed by atoms with Crippen LogP contribution in [0.15, 0.2) is 60.3 Å². The van der Waals surface area contributed by atoms with Gasteiger partial charge in [-0.15, -0.1) is 0 Å². The molecular formula is C17H20N2O. The largest absolute Gasteiger partial charge is 0.412 e. The van der Waals surface area contributed by atoms with Crippen molar-refractivity contribution in [2.24, 2.45) is 5.90 Å². The highest BCUT2D eigenvalue weighted by atomic mass is 16.6. The Morgan fingerprint density at radius 3 is 2.30 bits per heavy atom. The van der Waals surface area contributed by atoms with Crippen LogP contribution in [0, 0.1) is 6.92 Å². The van der Waals surface area contributed by atoms with Crippen molar-refractivity contribution in [2.45, 2.75) is 20.3 Å². The highest BCUT2D eigenvalue weighted by Crippen LogP contribution is 2.18. The Kier molecular flexibility index (Phi) is 4.80. The Morgan fingerprint density at radius 1 is 1.10 bits per heavy atom. The highest BCUT2D eigenvalue weighted by molar-refractivity contribution is 5.51. The maximum absolute atomic E-state index is 5.11. The molecule has 0 unspecified atom stereocenters. The topological polar surface area (TPSA) is 47.3 Å². The predicted molar refractivity (Wildman–Crippen MR) is 83.5 cm³/mol. The second-order valence-electron chi connectivity index (χ2n) is 4.74. The summed E-state index contributed by atoms with van der Waals surface area (Å²) in [6.45, 7) is 4.13. The molecule has 2 aromatic carbocycles. The minimum Gasteiger partial charge on any atom is -0.412 e. The van der Waals surface area contributed by atoms with Gasteiger partial charge in [-0.25, -0.2) is 0 Å². The Balaban J connectivity index is 2.03. The van der Waals surface area contributed by atoms with Gasteiger partial charge in [-0.2, -0.15) is 5.90 Å². The molecule has 0 aromatic heterocycles. The maximum Gasteiger partial charge on any atom is 0.146 e. The van der Waals surface area contributed by atoms with Gasteiger partial charge in [0.25, 0.3) is 0 Å². The van der Waals surface area contributed by atoms with Crippen LogP contribution >= 0.6 is 0 Å². The first-order valence-corrected chi connectivity index (χ1v) is 6.66. The number of hydrogen-bond acceptors (Lipinski definition) is 3. The van der Waals surface area contributed by atoms with E-state index in [1.807, 2.05) is 31.2 Å². The fourth-order valence-corrected chi connectivity index (χ4v) is 1.95. The molecule has 0 fully saturated rings. The molecule has 0 aliphatic rings. The molecule has 3 heteroatoms. The van der Waals surface area contributed by atoms with Crippen molar-refractivity contribution in [2.75, 3.05) is 5.32 Å². The molecule has 0 saturated carbocycles. The van der Waals surface area contributed by atoms with Crippen molar-refractivity contribution >= 4 is 5.69 Å². The molecule has 2 rings (SSSR count). The molecule has 20 heavy (non-hydrogen) atoms. The number of benzene rings is 2.